The first-order valence-electron chi connectivity index (χ1n) is 6.05. The molecule has 1 aromatic rings. The standard InChI is InChI=1S/C12H15N3O4/c1-15-10(16)5-4-9(14-15)11(17)13-8-3-2-7(6-8)12(18)19/h4-5,7-8H,2-3,6H2,1H3,(H,13,17)(H,18,19)/t7-,8+/m0/s1. The van der Waals surface area contributed by atoms with Crippen molar-refractivity contribution in [3.8, 4) is 0 Å². The van der Waals surface area contributed by atoms with Crippen molar-refractivity contribution in [1.29, 1.82) is 0 Å². The van der Waals surface area contributed by atoms with Gasteiger partial charge in [-0.2, -0.15) is 5.10 Å². The van der Waals surface area contributed by atoms with Crippen LogP contribution < -0.4 is 10.9 Å². The van der Waals surface area contributed by atoms with Gasteiger partial charge in [-0.3, -0.25) is 14.4 Å². The molecule has 1 aliphatic carbocycles. The van der Waals surface area contributed by atoms with E-state index in [1.165, 1.54) is 19.2 Å². The van der Waals surface area contributed by atoms with Crippen LogP contribution in [0.2, 0.25) is 0 Å². The molecule has 7 nitrogen and oxygen atoms in total. The molecule has 2 N–H and O–H groups in total. The molecule has 0 spiro atoms. The van der Waals surface area contributed by atoms with Gasteiger partial charge in [0.2, 0.25) is 0 Å². The summed E-state index contributed by atoms with van der Waals surface area (Å²) in [6.07, 6.45) is 1.66. The highest BCUT2D eigenvalue weighted by Gasteiger charge is 2.30. The molecule has 1 amide bonds. The molecule has 7 heteroatoms. The van der Waals surface area contributed by atoms with Gasteiger partial charge in [-0.15, -0.1) is 0 Å². The van der Waals surface area contributed by atoms with Gasteiger partial charge in [0.1, 0.15) is 5.69 Å². The van der Waals surface area contributed by atoms with Gasteiger partial charge in [0, 0.05) is 19.2 Å². The number of aliphatic carboxylic acids is 1. The lowest BCUT2D eigenvalue weighted by atomic mass is 10.1. The molecule has 2 atom stereocenters. The molecule has 1 heterocycles. The molecule has 0 saturated heterocycles. The first-order valence-corrected chi connectivity index (χ1v) is 6.05. The Labute approximate surface area is 109 Å². The van der Waals surface area contributed by atoms with Gasteiger partial charge in [-0.1, -0.05) is 0 Å². The number of rotatable bonds is 3. The number of hydrogen-bond acceptors (Lipinski definition) is 4. The van der Waals surface area contributed by atoms with Crippen LogP contribution in [0.4, 0.5) is 0 Å². The van der Waals surface area contributed by atoms with E-state index in [-0.39, 0.29) is 23.2 Å². The summed E-state index contributed by atoms with van der Waals surface area (Å²) in [7, 11) is 1.47. The van der Waals surface area contributed by atoms with Crippen LogP contribution in [-0.4, -0.2) is 32.8 Å². The largest absolute Gasteiger partial charge is 0.481 e. The normalized spacial score (nSPS) is 22.2. The molecule has 0 radical (unpaired) electrons. The Hall–Kier alpha value is -2.18. The van der Waals surface area contributed by atoms with Gasteiger partial charge in [0.15, 0.2) is 0 Å². The minimum absolute atomic E-state index is 0.146. The molecular formula is C12H15N3O4. The van der Waals surface area contributed by atoms with E-state index in [0.717, 1.165) is 4.68 Å². The first-order chi connectivity index (χ1) is 8.97. The summed E-state index contributed by atoms with van der Waals surface area (Å²) in [5.74, 6) is -1.60. The number of hydrogen-bond donors (Lipinski definition) is 2. The second-order valence-electron chi connectivity index (χ2n) is 4.70. The molecule has 0 aromatic carbocycles. The van der Waals surface area contributed by atoms with Gasteiger partial charge in [-0.25, -0.2) is 4.68 Å². The van der Waals surface area contributed by atoms with Crippen LogP contribution >= 0.6 is 0 Å². The topological polar surface area (TPSA) is 101 Å². The smallest absolute Gasteiger partial charge is 0.306 e. The molecule has 2 rings (SSSR count). The average Bonchev–Trinajstić information content (AvgIpc) is 2.81. The Kier molecular flexibility index (Phi) is 3.64. The fourth-order valence-corrected chi connectivity index (χ4v) is 2.22. The molecule has 102 valence electrons. The van der Waals surface area contributed by atoms with Gasteiger partial charge >= 0.3 is 5.97 Å². The van der Waals surface area contributed by atoms with Crippen molar-refractivity contribution in [1.82, 2.24) is 15.1 Å². The number of aromatic nitrogens is 2. The molecular weight excluding hydrogens is 250 g/mol. The summed E-state index contributed by atoms with van der Waals surface area (Å²) in [4.78, 5) is 33.9. The molecule has 0 bridgehead atoms. The second kappa shape index (κ2) is 5.21. The lowest BCUT2D eigenvalue weighted by Gasteiger charge is -2.12. The van der Waals surface area contributed by atoms with E-state index in [1.807, 2.05) is 0 Å². The van der Waals surface area contributed by atoms with E-state index in [2.05, 4.69) is 10.4 Å². The van der Waals surface area contributed by atoms with Crippen molar-refractivity contribution in [2.45, 2.75) is 25.3 Å². The summed E-state index contributed by atoms with van der Waals surface area (Å²) >= 11 is 0. The number of amides is 1. The monoisotopic (exact) mass is 265 g/mol. The Morgan fingerprint density at radius 3 is 2.74 bits per heavy atom. The number of nitrogens with one attached hydrogen (secondary N) is 1. The van der Waals surface area contributed by atoms with Gasteiger partial charge in [0.25, 0.3) is 11.5 Å². The van der Waals surface area contributed by atoms with Crippen LogP contribution in [-0.2, 0) is 11.8 Å². The zero-order chi connectivity index (χ0) is 14.0. The van der Waals surface area contributed by atoms with Crippen molar-refractivity contribution in [3.63, 3.8) is 0 Å². The summed E-state index contributed by atoms with van der Waals surface area (Å²) in [5, 5.41) is 15.5. The Balaban J connectivity index is 2.00. The highest BCUT2D eigenvalue weighted by atomic mass is 16.4. The first kappa shape index (κ1) is 13.3. The maximum atomic E-state index is 11.9. The minimum atomic E-state index is -0.822. The molecule has 0 unspecified atom stereocenters. The molecule has 1 aromatic heterocycles. The summed E-state index contributed by atoms with van der Waals surface area (Å²) in [5.41, 5.74) is -0.135. The number of carboxylic acid groups (broad SMARTS) is 1. The van der Waals surface area contributed by atoms with Crippen LogP contribution in [0.5, 0.6) is 0 Å². The van der Waals surface area contributed by atoms with Gasteiger partial charge < -0.3 is 10.4 Å². The van der Waals surface area contributed by atoms with Crippen molar-refractivity contribution >= 4 is 11.9 Å². The molecule has 0 aliphatic heterocycles. The van der Waals surface area contributed by atoms with Crippen LogP contribution in [0.3, 0.4) is 0 Å². The highest BCUT2D eigenvalue weighted by molar-refractivity contribution is 5.92. The lowest BCUT2D eigenvalue weighted by molar-refractivity contribution is -0.141. The maximum absolute atomic E-state index is 11.9. The van der Waals surface area contributed by atoms with Gasteiger partial charge in [-0.05, 0) is 25.3 Å². The van der Waals surface area contributed by atoms with Crippen molar-refractivity contribution < 1.29 is 14.7 Å². The fourth-order valence-electron chi connectivity index (χ4n) is 2.22. The maximum Gasteiger partial charge on any atom is 0.306 e. The van der Waals surface area contributed by atoms with E-state index in [9.17, 15) is 14.4 Å². The molecule has 1 fully saturated rings. The van der Waals surface area contributed by atoms with E-state index in [4.69, 9.17) is 5.11 Å². The Morgan fingerprint density at radius 1 is 1.42 bits per heavy atom. The number of nitrogens with zero attached hydrogens (tertiary/aromatic N) is 2. The fraction of sp³-hybridized carbons (Fsp3) is 0.500. The number of carbonyl (C=O) groups excluding carboxylic acids is 1. The number of carboxylic acids is 1. The van der Waals surface area contributed by atoms with Crippen molar-refractivity contribution in [2.24, 2.45) is 13.0 Å². The number of carbonyl (C=O) groups is 2. The zero-order valence-electron chi connectivity index (χ0n) is 10.5. The van der Waals surface area contributed by atoms with Crippen LogP contribution in [0.15, 0.2) is 16.9 Å². The molecule has 1 aliphatic rings. The number of aryl methyl sites for hydroxylation is 1. The van der Waals surface area contributed by atoms with Crippen molar-refractivity contribution in [3.05, 3.63) is 28.2 Å². The Morgan fingerprint density at radius 2 is 2.16 bits per heavy atom. The Bertz CT molecular complexity index is 566. The van der Waals surface area contributed by atoms with Crippen LogP contribution in [0.25, 0.3) is 0 Å². The quantitative estimate of drug-likeness (QED) is 0.785. The third-order valence-electron chi connectivity index (χ3n) is 3.31. The van der Waals surface area contributed by atoms with Gasteiger partial charge in [0.05, 0.1) is 5.92 Å². The van der Waals surface area contributed by atoms with Crippen LogP contribution in [0, 0.1) is 5.92 Å². The SMILES string of the molecule is Cn1nc(C(=O)N[C@@H]2CC[C@H](C(=O)O)C2)ccc1=O. The third-order valence-corrected chi connectivity index (χ3v) is 3.31. The second-order valence-corrected chi connectivity index (χ2v) is 4.70. The van der Waals surface area contributed by atoms with E-state index in [1.54, 1.807) is 0 Å². The summed E-state index contributed by atoms with van der Waals surface area (Å²) < 4.78 is 1.09. The molecule has 19 heavy (non-hydrogen) atoms. The van der Waals surface area contributed by atoms with E-state index < -0.39 is 11.9 Å². The zero-order valence-corrected chi connectivity index (χ0v) is 10.5. The van der Waals surface area contributed by atoms with Crippen molar-refractivity contribution in [2.75, 3.05) is 0 Å². The van der Waals surface area contributed by atoms with Crippen LogP contribution in [0.1, 0.15) is 29.8 Å². The predicted molar refractivity (Wildman–Crippen MR) is 65.7 cm³/mol. The molecule has 1 saturated carbocycles. The summed E-state index contributed by atoms with van der Waals surface area (Å²) in [6, 6.07) is 2.49. The minimum Gasteiger partial charge on any atom is -0.481 e. The van der Waals surface area contributed by atoms with E-state index in [0.29, 0.717) is 19.3 Å². The predicted octanol–water partition coefficient (Wildman–Crippen LogP) is -0.237. The third kappa shape index (κ3) is 2.98. The average molecular weight is 265 g/mol. The summed E-state index contributed by atoms with van der Waals surface area (Å²) in [6.45, 7) is 0. The highest BCUT2D eigenvalue weighted by Crippen LogP contribution is 2.25. The lowest BCUT2D eigenvalue weighted by Crippen LogP contribution is -2.35. The van der Waals surface area contributed by atoms with E-state index >= 15 is 0 Å².